The molecule has 1 atom stereocenters. The summed E-state index contributed by atoms with van der Waals surface area (Å²) in [6, 6.07) is 8.35. The fourth-order valence-electron chi connectivity index (χ4n) is 2.81. The Kier molecular flexibility index (Phi) is 6.36. The monoisotopic (exact) mass is 494 g/mol. The molecule has 2 aromatic carbocycles. The molecule has 28 heavy (non-hydrogen) atoms. The number of ether oxygens (including phenoxy) is 1. The lowest BCUT2D eigenvalue weighted by molar-refractivity contribution is -0.137. The van der Waals surface area contributed by atoms with E-state index in [1.54, 1.807) is 29.8 Å². The summed E-state index contributed by atoms with van der Waals surface area (Å²) in [7, 11) is 1.56. The van der Waals surface area contributed by atoms with Crippen molar-refractivity contribution in [3.8, 4) is 5.75 Å². The van der Waals surface area contributed by atoms with Gasteiger partial charge in [0.05, 0.1) is 22.2 Å². The van der Waals surface area contributed by atoms with E-state index in [9.17, 15) is 18.0 Å². The van der Waals surface area contributed by atoms with Crippen LogP contribution in [0.15, 0.2) is 40.9 Å². The van der Waals surface area contributed by atoms with Gasteiger partial charge in [0.15, 0.2) is 0 Å². The van der Waals surface area contributed by atoms with Gasteiger partial charge in [0.2, 0.25) is 0 Å². The number of rotatable bonds is 3. The third-order valence-electron chi connectivity index (χ3n) is 4.14. The summed E-state index contributed by atoms with van der Waals surface area (Å²) in [6.45, 7) is 0.477. The molecule has 1 fully saturated rings. The van der Waals surface area contributed by atoms with Gasteiger partial charge >= 0.3 is 12.2 Å². The molecule has 0 saturated carbocycles. The minimum Gasteiger partial charge on any atom is -0.496 e. The molecule has 150 valence electrons. The molecule has 3 rings (SSSR count). The second-order valence-corrected chi connectivity index (χ2v) is 8.38. The molecule has 4 nitrogen and oxygen atoms in total. The van der Waals surface area contributed by atoms with Crippen LogP contribution in [0.2, 0.25) is 5.02 Å². The van der Waals surface area contributed by atoms with Gasteiger partial charge in [-0.2, -0.15) is 13.2 Å². The summed E-state index contributed by atoms with van der Waals surface area (Å²) < 4.78 is 45.0. The zero-order valence-corrected chi connectivity index (χ0v) is 17.7. The molecule has 1 unspecified atom stereocenters. The van der Waals surface area contributed by atoms with E-state index in [4.69, 9.17) is 16.3 Å². The van der Waals surface area contributed by atoms with Crippen LogP contribution in [0, 0.1) is 0 Å². The Bertz CT molecular complexity index is 898. The first-order chi connectivity index (χ1) is 13.2. The van der Waals surface area contributed by atoms with E-state index in [-0.39, 0.29) is 11.1 Å². The van der Waals surface area contributed by atoms with Crippen molar-refractivity contribution < 1.29 is 22.7 Å². The average Bonchev–Trinajstić information content (AvgIpc) is 3.12. The Morgan fingerprint density at radius 2 is 2.07 bits per heavy atom. The molecule has 0 aliphatic carbocycles. The minimum absolute atomic E-state index is 0.0355. The first-order valence-electron chi connectivity index (χ1n) is 8.10. The zero-order valence-electron chi connectivity index (χ0n) is 14.5. The first-order valence-corrected chi connectivity index (χ1v) is 10.3. The number of benzene rings is 2. The third kappa shape index (κ3) is 4.52. The fraction of sp³-hybridized carbons (Fsp3) is 0.278. The lowest BCUT2D eigenvalue weighted by atomic mass is 10.2. The number of alkyl halides is 3. The Balaban J connectivity index is 1.79. The van der Waals surface area contributed by atoms with Crippen LogP contribution in [0.3, 0.4) is 0 Å². The Labute approximate surface area is 177 Å². The standard InChI is InChI=1S/C18H15BrClF3N2O2S/c1-27-15-5-2-10(8-13(15)19)16-25(6-7-28-16)17(26)24-11-3-4-14(20)12(9-11)18(21,22)23/h2-5,8-9,16H,6-7H2,1H3,(H,24,26). The SMILES string of the molecule is COc1ccc(C2SCCN2C(=O)Nc2ccc(Cl)c(C(F)(F)F)c2)cc1Br. The third-order valence-corrected chi connectivity index (χ3v) is 6.35. The second-order valence-electron chi connectivity index (χ2n) is 5.93. The van der Waals surface area contributed by atoms with E-state index < -0.39 is 22.8 Å². The largest absolute Gasteiger partial charge is 0.496 e. The number of hydrogen-bond donors (Lipinski definition) is 1. The first kappa shape index (κ1) is 21.1. The lowest BCUT2D eigenvalue weighted by Gasteiger charge is -2.25. The fourth-order valence-corrected chi connectivity index (χ4v) is 4.83. The topological polar surface area (TPSA) is 41.6 Å². The van der Waals surface area contributed by atoms with E-state index in [2.05, 4.69) is 21.2 Å². The number of carbonyl (C=O) groups is 1. The summed E-state index contributed by atoms with van der Waals surface area (Å²) in [5.41, 5.74) is -0.0657. The second kappa shape index (κ2) is 8.42. The van der Waals surface area contributed by atoms with E-state index in [0.717, 1.165) is 27.9 Å². The predicted octanol–water partition coefficient (Wildman–Crippen LogP) is 6.41. The number of urea groups is 1. The van der Waals surface area contributed by atoms with Gasteiger partial charge in [0, 0.05) is 18.0 Å². The smallest absolute Gasteiger partial charge is 0.417 e. The van der Waals surface area contributed by atoms with E-state index >= 15 is 0 Å². The van der Waals surface area contributed by atoms with E-state index in [1.165, 1.54) is 6.07 Å². The summed E-state index contributed by atoms with van der Waals surface area (Å²) in [6.07, 6.45) is -4.60. The number of anilines is 1. The molecular weight excluding hydrogens is 481 g/mol. The minimum atomic E-state index is -4.60. The zero-order chi connectivity index (χ0) is 20.5. The van der Waals surface area contributed by atoms with Crippen molar-refractivity contribution in [2.45, 2.75) is 11.6 Å². The maximum absolute atomic E-state index is 13.0. The van der Waals surface area contributed by atoms with Crippen LogP contribution in [0.25, 0.3) is 0 Å². The summed E-state index contributed by atoms with van der Waals surface area (Å²) in [4.78, 5) is 14.3. The number of carbonyl (C=O) groups excluding carboxylic acids is 1. The summed E-state index contributed by atoms with van der Waals surface area (Å²) in [5, 5.41) is 1.87. The molecule has 1 saturated heterocycles. The molecule has 10 heteroatoms. The van der Waals surface area contributed by atoms with Gasteiger partial charge in [-0.15, -0.1) is 11.8 Å². The van der Waals surface area contributed by atoms with Crippen LogP contribution < -0.4 is 10.1 Å². The van der Waals surface area contributed by atoms with Crippen LogP contribution >= 0.6 is 39.3 Å². The number of amides is 2. The van der Waals surface area contributed by atoms with Gasteiger partial charge < -0.3 is 15.0 Å². The molecule has 0 spiro atoms. The van der Waals surface area contributed by atoms with Gasteiger partial charge in [-0.1, -0.05) is 17.7 Å². The average molecular weight is 496 g/mol. The molecule has 0 radical (unpaired) electrons. The molecule has 2 amide bonds. The summed E-state index contributed by atoms with van der Waals surface area (Å²) in [5.74, 6) is 1.39. The highest BCUT2D eigenvalue weighted by molar-refractivity contribution is 9.10. The maximum atomic E-state index is 13.0. The van der Waals surface area contributed by atoms with E-state index in [1.807, 2.05) is 12.1 Å². The highest BCUT2D eigenvalue weighted by Gasteiger charge is 2.34. The van der Waals surface area contributed by atoms with Gasteiger partial charge in [-0.05, 0) is 51.8 Å². The Hall–Kier alpha value is -1.58. The van der Waals surface area contributed by atoms with Gasteiger partial charge in [-0.25, -0.2) is 4.79 Å². The van der Waals surface area contributed by atoms with Gasteiger partial charge in [0.1, 0.15) is 11.1 Å². The molecular formula is C18H15BrClF3N2O2S. The molecule has 0 bridgehead atoms. The normalized spacial score (nSPS) is 16.9. The van der Waals surface area contributed by atoms with Gasteiger partial charge in [-0.3, -0.25) is 0 Å². The Morgan fingerprint density at radius 1 is 1.32 bits per heavy atom. The molecule has 0 aromatic heterocycles. The van der Waals surface area contributed by atoms with Crippen molar-refractivity contribution in [3.63, 3.8) is 0 Å². The van der Waals surface area contributed by atoms with Crippen molar-refractivity contribution in [2.24, 2.45) is 0 Å². The van der Waals surface area contributed by atoms with Crippen molar-refractivity contribution in [1.82, 2.24) is 4.90 Å². The lowest BCUT2D eigenvalue weighted by Crippen LogP contribution is -2.34. The number of thioether (sulfide) groups is 1. The molecule has 1 aliphatic heterocycles. The number of nitrogens with zero attached hydrogens (tertiary/aromatic N) is 1. The molecule has 1 N–H and O–H groups in total. The Morgan fingerprint density at radius 3 is 2.71 bits per heavy atom. The predicted molar refractivity (Wildman–Crippen MR) is 108 cm³/mol. The van der Waals surface area contributed by atoms with Crippen LogP contribution in [0.1, 0.15) is 16.5 Å². The van der Waals surface area contributed by atoms with Crippen molar-refractivity contribution in [3.05, 3.63) is 57.0 Å². The van der Waals surface area contributed by atoms with Crippen molar-refractivity contribution in [1.29, 1.82) is 0 Å². The van der Waals surface area contributed by atoms with Crippen LogP contribution in [0.5, 0.6) is 5.75 Å². The van der Waals surface area contributed by atoms with Crippen LogP contribution in [-0.2, 0) is 6.18 Å². The highest BCUT2D eigenvalue weighted by atomic mass is 79.9. The van der Waals surface area contributed by atoms with Gasteiger partial charge in [0.25, 0.3) is 0 Å². The number of methoxy groups -OCH3 is 1. The van der Waals surface area contributed by atoms with Crippen molar-refractivity contribution in [2.75, 3.05) is 24.7 Å². The molecule has 2 aromatic rings. The van der Waals surface area contributed by atoms with E-state index in [0.29, 0.717) is 12.3 Å². The molecule has 1 heterocycles. The maximum Gasteiger partial charge on any atom is 0.417 e. The molecule has 1 aliphatic rings. The van der Waals surface area contributed by atoms with Crippen molar-refractivity contribution >= 4 is 51.0 Å². The highest BCUT2D eigenvalue weighted by Crippen LogP contribution is 2.41. The number of nitrogens with one attached hydrogen (secondary N) is 1. The number of halogens is 5. The van der Waals surface area contributed by atoms with Crippen LogP contribution in [-0.4, -0.2) is 30.3 Å². The summed E-state index contributed by atoms with van der Waals surface area (Å²) >= 11 is 10.6. The van der Waals surface area contributed by atoms with Crippen LogP contribution in [0.4, 0.5) is 23.7 Å². The quantitative estimate of drug-likeness (QED) is 0.535. The number of hydrogen-bond acceptors (Lipinski definition) is 3.